The van der Waals surface area contributed by atoms with Gasteiger partial charge < -0.3 is 20.9 Å². The summed E-state index contributed by atoms with van der Waals surface area (Å²) in [4.78, 5) is 15.7. The molecule has 0 saturated carbocycles. The maximum atomic E-state index is 11.5. The minimum Gasteiger partial charge on any atom is -0.399 e. The number of rotatable bonds is 1. The van der Waals surface area contributed by atoms with Crippen molar-refractivity contribution in [3.05, 3.63) is 24.3 Å². The molecule has 3 N–H and O–H groups in total. The largest absolute Gasteiger partial charge is 0.399 e. The third kappa shape index (κ3) is 1.77. The first-order valence-corrected chi connectivity index (χ1v) is 5.89. The summed E-state index contributed by atoms with van der Waals surface area (Å²) in [6.07, 6.45) is 0. The Bertz CT molecular complexity index is 431. The van der Waals surface area contributed by atoms with Gasteiger partial charge in [0.1, 0.15) is 0 Å². The second-order valence-corrected chi connectivity index (χ2v) is 4.57. The standard InChI is InChI=1S/C12H16N4O/c13-9-1-3-10(4-2-9)15-5-6-16-11(8-15)7-14-12(16)17/h1-4,11H,5-8,13H2,(H,14,17). The Balaban J connectivity index is 1.75. The number of carbonyl (C=O) groups is 1. The second kappa shape index (κ2) is 3.84. The van der Waals surface area contributed by atoms with Gasteiger partial charge in [0.15, 0.2) is 0 Å². The molecule has 2 aliphatic rings. The van der Waals surface area contributed by atoms with Crippen molar-refractivity contribution in [3.63, 3.8) is 0 Å². The molecule has 5 nitrogen and oxygen atoms in total. The molecule has 2 saturated heterocycles. The van der Waals surface area contributed by atoms with E-state index in [0.717, 1.165) is 31.9 Å². The minimum atomic E-state index is 0.0759. The summed E-state index contributed by atoms with van der Waals surface area (Å²) in [5.74, 6) is 0. The Labute approximate surface area is 100 Å². The maximum absolute atomic E-state index is 11.5. The van der Waals surface area contributed by atoms with E-state index in [2.05, 4.69) is 10.2 Å². The van der Waals surface area contributed by atoms with E-state index in [1.165, 1.54) is 5.69 Å². The summed E-state index contributed by atoms with van der Waals surface area (Å²) < 4.78 is 0. The summed E-state index contributed by atoms with van der Waals surface area (Å²) in [5.41, 5.74) is 7.64. The lowest BCUT2D eigenvalue weighted by molar-refractivity contribution is 0.197. The third-order valence-electron chi connectivity index (χ3n) is 3.49. The van der Waals surface area contributed by atoms with Crippen LogP contribution in [0.1, 0.15) is 0 Å². The first-order chi connectivity index (χ1) is 8.24. The van der Waals surface area contributed by atoms with Crippen LogP contribution >= 0.6 is 0 Å². The highest BCUT2D eigenvalue weighted by atomic mass is 16.2. The predicted molar refractivity (Wildman–Crippen MR) is 67.0 cm³/mol. The molecule has 2 aliphatic heterocycles. The van der Waals surface area contributed by atoms with Crippen molar-refractivity contribution in [2.75, 3.05) is 36.8 Å². The first kappa shape index (κ1) is 10.3. The lowest BCUT2D eigenvalue weighted by atomic mass is 10.1. The van der Waals surface area contributed by atoms with Gasteiger partial charge in [0.25, 0.3) is 0 Å². The molecule has 2 amide bonds. The Kier molecular flexibility index (Phi) is 2.31. The zero-order valence-electron chi connectivity index (χ0n) is 9.60. The number of nitrogens with zero attached hydrogens (tertiary/aromatic N) is 2. The maximum Gasteiger partial charge on any atom is 0.317 e. The van der Waals surface area contributed by atoms with Crippen LogP contribution in [0.2, 0.25) is 0 Å². The third-order valence-corrected chi connectivity index (χ3v) is 3.49. The van der Waals surface area contributed by atoms with E-state index in [9.17, 15) is 4.79 Å². The van der Waals surface area contributed by atoms with E-state index < -0.39 is 0 Å². The zero-order valence-corrected chi connectivity index (χ0v) is 9.60. The number of nitrogens with two attached hydrogens (primary N) is 1. The fourth-order valence-corrected chi connectivity index (χ4v) is 2.52. The highest BCUT2D eigenvalue weighted by Gasteiger charge is 2.35. The van der Waals surface area contributed by atoms with Crippen molar-refractivity contribution in [2.24, 2.45) is 0 Å². The van der Waals surface area contributed by atoms with E-state index in [1.807, 2.05) is 29.2 Å². The molecule has 0 aromatic heterocycles. The number of urea groups is 1. The average Bonchev–Trinajstić information content (AvgIpc) is 2.72. The van der Waals surface area contributed by atoms with E-state index in [1.54, 1.807) is 0 Å². The number of hydrogen-bond donors (Lipinski definition) is 2. The van der Waals surface area contributed by atoms with Crippen molar-refractivity contribution < 1.29 is 4.79 Å². The molecule has 1 atom stereocenters. The molecule has 0 aliphatic carbocycles. The number of hydrogen-bond acceptors (Lipinski definition) is 3. The number of carbonyl (C=O) groups excluding carboxylic acids is 1. The topological polar surface area (TPSA) is 61.6 Å². The minimum absolute atomic E-state index is 0.0759. The molecule has 1 aromatic carbocycles. The number of nitrogen functional groups attached to an aromatic ring is 1. The van der Waals surface area contributed by atoms with Crippen LogP contribution in [0.4, 0.5) is 16.2 Å². The number of amides is 2. The van der Waals surface area contributed by atoms with Gasteiger partial charge >= 0.3 is 6.03 Å². The summed E-state index contributed by atoms with van der Waals surface area (Å²) in [5, 5.41) is 2.88. The molecule has 0 radical (unpaired) electrons. The van der Waals surface area contributed by atoms with Crippen LogP contribution in [0, 0.1) is 0 Å². The number of benzene rings is 1. The van der Waals surface area contributed by atoms with Crippen molar-refractivity contribution in [1.82, 2.24) is 10.2 Å². The van der Waals surface area contributed by atoms with Crippen LogP contribution in [0.5, 0.6) is 0 Å². The van der Waals surface area contributed by atoms with Crippen molar-refractivity contribution in [1.29, 1.82) is 0 Å². The predicted octanol–water partition coefficient (Wildman–Crippen LogP) is 0.483. The van der Waals surface area contributed by atoms with Crippen molar-refractivity contribution in [3.8, 4) is 0 Å². The van der Waals surface area contributed by atoms with Gasteiger partial charge in [-0.25, -0.2) is 4.79 Å². The van der Waals surface area contributed by atoms with Gasteiger partial charge in [-0.3, -0.25) is 0 Å². The lowest BCUT2D eigenvalue weighted by Gasteiger charge is -2.37. The monoisotopic (exact) mass is 232 g/mol. The Morgan fingerprint density at radius 2 is 2.00 bits per heavy atom. The summed E-state index contributed by atoms with van der Waals surface area (Å²) in [6, 6.07) is 8.28. The normalized spacial score (nSPS) is 23.5. The zero-order chi connectivity index (χ0) is 11.8. The summed E-state index contributed by atoms with van der Waals surface area (Å²) >= 11 is 0. The lowest BCUT2D eigenvalue weighted by Crippen LogP contribution is -2.52. The van der Waals surface area contributed by atoms with Crippen LogP contribution < -0.4 is 16.0 Å². The Hall–Kier alpha value is -1.91. The van der Waals surface area contributed by atoms with E-state index in [0.29, 0.717) is 6.04 Å². The fourth-order valence-electron chi connectivity index (χ4n) is 2.52. The van der Waals surface area contributed by atoms with E-state index in [4.69, 9.17) is 5.73 Å². The second-order valence-electron chi connectivity index (χ2n) is 4.57. The molecule has 17 heavy (non-hydrogen) atoms. The number of nitrogens with one attached hydrogen (secondary N) is 1. The average molecular weight is 232 g/mol. The molecule has 90 valence electrons. The van der Waals surface area contributed by atoms with Crippen LogP contribution in [-0.2, 0) is 0 Å². The fraction of sp³-hybridized carbons (Fsp3) is 0.417. The molecule has 0 spiro atoms. The highest BCUT2D eigenvalue weighted by Crippen LogP contribution is 2.21. The van der Waals surface area contributed by atoms with Crippen molar-refractivity contribution >= 4 is 17.4 Å². The van der Waals surface area contributed by atoms with Crippen LogP contribution in [-0.4, -0.2) is 43.2 Å². The number of piperazine rings is 1. The van der Waals surface area contributed by atoms with Gasteiger partial charge in [0.05, 0.1) is 6.04 Å². The van der Waals surface area contributed by atoms with Crippen LogP contribution in [0.3, 0.4) is 0 Å². The molecule has 5 heteroatoms. The molecule has 2 heterocycles. The van der Waals surface area contributed by atoms with Gasteiger partial charge in [0, 0.05) is 37.6 Å². The van der Waals surface area contributed by atoms with Crippen LogP contribution in [0.15, 0.2) is 24.3 Å². The van der Waals surface area contributed by atoms with E-state index in [-0.39, 0.29) is 6.03 Å². The Morgan fingerprint density at radius 1 is 1.24 bits per heavy atom. The first-order valence-electron chi connectivity index (χ1n) is 5.89. The van der Waals surface area contributed by atoms with Crippen LogP contribution in [0.25, 0.3) is 0 Å². The number of anilines is 2. The molecular weight excluding hydrogens is 216 g/mol. The Morgan fingerprint density at radius 3 is 2.76 bits per heavy atom. The van der Waals surface area contributed by atoms with Gasteiger partial charge in [-0.2, -0.15) is 0 Å². The van der Waals surface area contributed by atoms with Gasteiger partial charge in [-0.1, -0.05) is 0 Å². The van der Waals surface area contributed by atoms with Gasteiger partial charge in [-0.05, 0) is 24.3 Å². The quantitative estimate of drug-likeness (QED) is 0.692. The van der Waals surface area contributed by atoms with Gasteiger partial charge in [-0.15, -0.1) is 0 Å². The molecule has 1 unspecified atom stereocenters. The molecule has 1 aromatic rings. The smallest absolute Gasteiger partial charge is 0.317 e. The molecule has 2 fully saturated rings. The van der Waals surface area contributed by atoms with Crippen molar-refractivity contribution in [2.45, 2.75) is 6.04 Å². The highest BCUT2D eigenvalue weighted by molar-refractivity contribution is 5.77. The SMILES string of the molecule is Nc1ccc(N2CCN3C(=O)NCC3C2)cc1. The molecule has 3 rings (SSSR count). The summed E-state index contributed by atoms with van der Waals surface area (Å²) in [6.45, 7) is 3.32. The molecular formula is C12H16N4O. The number of fused-ring (bicyclic) bond motifs is 1. The van der Waals surface area contributed by atoms with Gasteiger partial charge in [0.2, 0.25) is 0 Å². The molecule has 0 bridgehead atoms. The summed E-state index contributed by atoms with van der Waals surface area (Å²) in [7, 11) is 0. The van der Waals surface area contributed by atoms with E-state index >= 15 is 0 Å².